The van der Waals surface area contributed by atoms with Crippen LogP contribution in [-0.4, -0.2) is 26.2 Å². The zero-order chi connectivity index (χ0) is 13.2. The summed E-state index contributed by atoms with van der Waals surface area (Å²) in [6.45, 7) is 3.51. The topological polar surface area (TPSA) is 38.3 Å². The molecule has 1 amide bonds. The van der Waals surface area contributed by atoms with E-state index in [-0.39, 0.29) is 5.91 Å². The fourth-order valence-corrected chi connectivity index (χ4v) is 1.86. The fraction of sp³-hybridized carbons (Fsp3) is 0.533. The number of amides is 1. The van der Waals surface area contributed by atoms with E-state index in [1.165, 1.54) is 11.1 Å². The van der Waals surface area contributed by atoms with Gasteiger partial charge in [-0.2, -0.15) is 0 Å². The van der Waals surface area contributed by atoms with Gasteiger partial charge in [0, 0.05) is 26.7 Å². The molecule has 0 heterocycles. The zero-order valence-corrected chi connectivity index (χ0v) is 11.4. The monoisotopic (exact) mass is 249 g/mol. The van der Waals surface area contributed by atoms with Gasteiger partial charge < -0.3 is 10.1 Å². The van der Waals surface area contributed by atoms with Crippen LogP contribution in [0.4, 0.5) is 0 Å². The van der Waals surface area contributed by atoms with Crippen LogP contribution in [0.25, 0.3) is 0 Å². The van der Waals surface area contributed by atoms with E-state index in [1.54, 1.807) is 7.11 Å². The summed E-state index contributed by atoms with van der Waals surface area (Å²) in [4.78, 5) is 11.5. The highest BCUT2D eigenvalue weighted by atomic mass is 16.5. The maximum Gasteiger partial charge on any atom is 0.220 e. The van der Waals surface area contributed by atoms with Crippen LogP contribution in [0.2, 0.25) is 0 Å². The van der Waals surface area contributed by atoms with Crippen LogP contribution in [0.5, 0.6) is 0 Å². The molecule has 1 N–H and O–H groups in total. The lowest BCUT2D eigenvalue weighted by atomic mass is 10.0. The molecule has 100 valence electrons. The van der Waals surface area contributed by atoms with Gasteiger partial charge in [0.25, 0.3) is 0 Å². The van der Waals surface area contributed by atoms with Crippen molar-refractivity contribution in [2.24, 2.45) is 0 Å². The highest BCUT2D eigenvalue weighted by Crippen LogP contribution is 2.10. The molecule has 0 saturated heterocycles. The quantitative estimate of drug-likeness (QED) is 0.719. The van der Waals surface area contributed by atoms with Gasteiger partial charge in [0.1, 0.15) is 0 Å². The average Bonchev–Trinajstić information content (AvgIpc) is 2.37. The van der Waals surface area contributed by atoms with Gasteiger partial charge in [-0.3, -0.25) is 4.79 Å². The van der Waals surface area contributed by atoms with E-state index in [2.05, 4.69) is 24.4 Å². The van der Waals surface area contributed by atoms with Crippen molar-refractivity contribution in [2.45, 2.75) is 32.6 Å². The van der Waals surface area contributed by atoms with Gasteiger partial charge in [0.15, 0.2) is 0 Å². The van der Waals surface area contributed by atoms with Crippen LogP contribution in [0.15, 0.2) is 24.3 Å². The molecule has 0 bridgehead atoms. The molecular formula is C15H23NO2. The second-order valence-corrected chi connectivity index (χ2v) is 4.48. The van der Waals surface area contributed by atoms with Crippen molar-refractivity contribution in [1.29, 1.82) is 0 Å². The molecule has 0 aliphatic carbocycles. The molecule has 3 nitrogen and oxygen atoms in total. The van der Waals surface area contributed by atoms with Gasteiger partial charge in [0.2, 0.25) is 5.91 Å². The maximum absolute atomic E-state index is 11.5. The van der Waals surface area contributed by atoms with Crippen molar-refractivity contribution < 1.29 is 9.53 Å². The number of ether oxygens (including phenoxy) is 1. The molecule has 3 heteroatoms. The van der Waals surface area contributed by atoms with Crippen molar-refractivity contribution in [3.8, 4) is 0 Å². The van der Waals surface area contributed by atoms with Crippen molar-refractivity contribution >= 4 is 5.91 Å². The molecule has 18 heavy (non-hydrogen) atoms. The van der Waals surface area contributed by atoms with Crippen LogP contribution < -0.4 is 5.32 Å². The number of aryl methyl sites for hydroxylation is 2. The molecule has 0 radical (unpaired) electrons. The minimum Gasteiger partial charge on any atom is -0.385 e. The number of carbonyl (C=O) groups is 1. The van der Waals surface area contributed by atoms with Crippen molar-refractivity contribution in [1.82, 2.24) is 5.32 Å². The maximum atomic E-state index is 11.5. The molecule has 0 fully saturated rings. The largest absolute Gasteiger partial charge is 0.385 e. The molecule has 1 rings (SSSR count). The van der Waals surface area contributed by atoms with Crippen molar-refractivity contribution in [3.05, 3.63) is 35.4 Å². The molecule has 0 unspecified atom stereocenters. The summed E-state index contributed by atoms with van der Waals surface area (Å²) >= 11 is 0. The molecule has 1 aromatic rings. The Morgan fingerprint density at radius 1 is 1.28 bits per heavy atom. The van der Waals surface area contributed by atoms with E-state index in [9.17, 15) is 4.79 Å². The molecule has 0 atom stereocenters. The van der Waals surface area contributed by atoms with Gasteiger partial charge in [-0.25, -0.2) is 0 Å². The van der Waals surface area contributed by atoms with Crippen LogP contribution in [0.3, 0.4) is 0 Å². The van der Waals surface area contributed by atoms with Crippen LogP contribution in [0.1, 0.15) is 30.4 Å². The van der Waals surface area contributed by atoms with E-state index < -0.39 is 0 Å². The van der Waals surface area contributed by atoms with Gasteiger partial charge >= 0.3 is 0 Å². The Labute approximate surface area is 110 Å². The minimum atomic E-state index is 0.139. The SMILES string of the molecule is COCCCNC(=O)CCCc1ccccc1C. The molecule has 0 spiro atoms. The molecule has 0 saturated carbocycles. The van der Waals surface area contributed by atoms with Crippen molar-refractivity contribution in [2.75, 3.05) is 20.3 Å². The first-order valence-electron chi connectivity index (χ1n) is 6.54. The van der Waals surface area contributed by atoms with Crippen molar-refractivity contribution in [3.63, 3.8) is 0 Å². The van der Waals surface area contributed by atoms with Crippen LogP contribution >= 0.6 is 0 Å². The van der Waals surface area contributed by atoms with Gasteiger partial charge in [-0.15, -0.1) is 0 Å². The van der Waals surface area contributed by atoms with E-state index in [1.807, 2.05) is 12.1 Å². The average molecular weight is 249 g/mol. The van der Waals surface area contributed by atoms with Gasteiger partial charge in [0.05, 0.1) is 0 Å². The third-order valence-corrected chi connectivity index (χ3v) is 2.96. The number of hydrogen-bond donors (Lipinski definition) is 1. The third-order valence-electron chi connectivity index (χ3n) is 2.96. The summed E-state index contributed by atoms with van der Waals surface area (Å²) in [6, 6.07) is 8.33. The Bertz CT molecular complexity index is 363. The summed E-state index contributed by atoms with van der Waals surface area (Å²) in [5.74, 6) is 0.139. The molecule has 0 aliphatic heterocycles. The Morgan fingerprint density at radius 2 is 2.06 bits per heavy atom. The predicted molar refractivity (Wildman–Crippen MR) is 73.6 cm³/mol. The molecule has 1 aromatic carbocycles. The van der Waals surface area contributed by atoms with Crippen LogP contribution in [0, 0.1) is 6.92 Å². The van der Waals surface area contributed by atoms with Gasteiger partial charge in [-0.05, 0) is 37.3 Å². The lowest BCUT2D eigenvalue weighted by Crippen LogP contribution is -2.24. The summed E-state index contributed by atoms with van der Waals surface area (Å²) < 4.78 is 4.92. The zero-order valence-electron chi connectivity index (χ0n) is 11.4. The van der Waals surface area contributed by atoms with Gasteiger partial charge in [-0.1, -0.05) is 24.3 Å². The third kappa shape index (κ3) is 5.82. The van der Waals surface area contributed by atoms with E-state index >= 15 is 0 Å². The first kappa shape index (κ1) is 14.7. The number of hydrogen-bond acceptors (Lipinski definition) is 2. The smallest absolute Gasteiger partial charge is 0.220 e. The Balaban J connectivity index is 2.14. The second kappa shape index (κ2) is 8.70. The number of nitrogens with one attached hydrogen (secondary N) is 1. The van der Waals surface area contributed by atoms with E-state index in [4.69, 9.17) is 4.74 Å². The highest BCUT2D eigenvalue weighted by molar-refractivity contribution is 5.75. The van der Waals surface area contributed by atoms with E-state index in [0.717, 1.165) is 19.3 Å². The lowest BCUT2D eigenvalue weighted by molar-refractivity contribution is -0.121. The van der Waals surface area contributed by atoms with Crippen LogP contribution in [-0.2, 0) is 16.0 Å². The number of benzene rings is 1. The Morgan fingerprint density at radius 3 is 2.78 bits per heavy atom. The molecule has 0 aliphatic rings. The summed E-state index contributed by atoms with van der Waals surface area (Å²) in [6.07, 6.45) is 3.35. The summed E-state index contributed by atoms with van der Waals surface area (Å²) in [5.41, 5.74) is 2.64. The predicted octanol–water partition coefficient (Wildman–Crippen LogP) is 2.47. The standard InChI is InChI=1S/C15H23NO2/c1-13-7-3-4-8-14(13)9-5-10-15(17)16-11-6-12-18-2/h3-4,7-8H,5-6,9-12H2,1-2H3,(H,16,17). The number of carbonyl (C=O) groups excluding carboxylic acids is 1. The lowest BCUT2D eigenvalue weighted by Gasteiger charge is -2.06. The first-order chi connectivity index (χ1) is 8.74. The Hall–Kier alpha value is -1.35. The molecule has 0 aromatic heterocycles. The minimum absolute atomic E-state index is 0.139. The second-order valence-electron chi connectivity index (χ2n) is 4.48. The highest BCUT2D eigenvalue weighted by Gasteiger charge is 2.02. The Kier molecular flexibility index (Phi) is 7.11. The normalized spacial score (nSPS) is 10.3. The fourth-order valence-electron chi connectivity index (χ4n) is 1.86. The first-order valence-corrected chi connectivity index (χ1v) is 6.54. The number of methoxy groups -OCH3 is 1. The summed E-state index contributed by atoms with van der Waals surface area (Å²) in [5, 5.41) is 2.90. The van der Waals surface area contributed by atoms with E-state index in [0.29, 0.717) is 19.6 Å². The number of rotatable bonds is 8. The molecular weight excluding hydrogens is 226 g/mol. The summed E-state index contributed by atoms with van der Waals surface area (Å²) in [7, 11) is 1.67.